The van der Waals surface area contributed by atoms with Gasteiger partial charge in [-0.25, -0.2) is 4.98 Å². The second-order valence-electron chi connectivity index (χ2n) is 5.06. The van der Waals surface area contributed by atoms with E-state index in [9.17, 15) is 4.79 Å². The number of rotatable bonds is 8. The molecule has 1 fully saturated rings. The van der Waals surface area contributed by atoms with Crippen molar-refractivity contribution in [3.63, 3.8) is 0 Å². The van der Waals surface area contributed by atoms with Gasteiger partial charge in [-0.1, -0.05) is 13.8 Å². The zero-order valence-electron chi connectivity index (χ0n) is 11.9. The van der Waals surface area contributed by atoms with Crippen molar-refractivity contribution >= 4 is 5.82 Å². The molecule has 1 aromatic rings. The number of hydrogen-bond acceptors (Lipinski definition) is 4. The molecule has 0 saturated heterocycles. The lowest BCUT2D eigenvalue weighted by Crippen LogP contribution is -2.32. The van der Waals surface area contributed by atoms with Crippen molar-refractivity contribution < 1.29 is 0 Å². The van der Waals surface area contributed by atoms with Crippen molar-refractivity contribution in [3.05, 3.63) is 22.7 Å². The third-order valence-corrected chi connectivity index (χ3v) is 3.54. The summed E-state index contributed by atoms with van der Waals surface area (Å²) in [5, 5.41) is 3.17. The molecule has 0 atom stereocenters. The van der Waals surface area contributed by atoms with E-state index in [1.807, 2.05) is 0 Å². The summed E-state index contributed by atoms with van der Waals surface area (Å²) in [5.74, 6) is 0.475. The van der Waals surface area contributed by atoms with E-state index in [4.69, 9.17) is 0 Å². The molecule has 1 saturated carbocycles. The van der Waals surface area contributed by atoms with Gasteiger partial charge in [0.15, 0.2) is 5.82 Å². The van der Waals surface area contributed by atoms with Crippen LogP contribution in [-0.4, -0.2) is 40.1 Å². The Kier molecular flexibility index (Phi) is 4.96. The van der Waals surface area contributed by atoms with Crippen LogP contribution in [0.3, 0.4) is 0 Å². The molecule has 2 rings (SSSR count). The van der Waals surface area contributed by atoms with E-state index in [1.54, 1.807) is 17.0 Å². The molecular formula is C14H24N4O. The largest absolute Gasteiger partial charge is 0.364 e. The van der Waals surface area contributed by atoms with Gasteiger partial charge in [0.05, 0.1) is 0 Å². The van der Waals surface area contributed by atoms with Gasteiger partial charge in [0, 0.05) is 38.1 Å². The fourth-order valence-corrected chi connectivity index (χ4v) is 2.34. The van der Waals surface area contributed by atoms with E-state index in [0.717, 1.165) is 38.6 Å². The van der Waals surface area contributed by atoms with E-state index < -0.39 is 0 Å². The summed E-state index contributed by atoms with van der Waals surface area (Å²) in [5.41, 5.74) is -0.0150. The number of aromatic nitrogens is 2. The van der Waals surface area contributed by atoms with Crippen LogP contribution in [0.4, 0.5) is 5.82 Å². The molecule has 0 spiro atoms. The van der Waals surface area contributed by atoms with Crippen LogP contribution >= 0.6 is 0 Å². The third kappa shape index (κ3) is 3.80. The molecule has 0 aromatic carbocycles. The number of likely N-dealkylation sites (N-methyl/N-ethyl adjacent to an activating group) is 1. The van der Waals surface area contributed by atoms with Gasteiger partial charge in [-0.15, -0.1) is 0 Å². The molecule has 1 aliphatic rings. The molecule has 0 unspecified atom stereocenters. The van der Waals surface area contributed by atoms with Crippen LogP contribution in [0.1, 0.15) is 33.1 Å². The Hall–Kier alpha value is -1.36. The van der Waals surface area contributed by atoms with Gasteiger partial charge in [-0.3, -0.25) is 9.69 Å². The zero-order valence-corrected chi connectivity index (χ0v) is 11.9. The molecule has 1 aliphatic carbocycles. The van der Waals surface area contributed by atoms with E-state index in [-0.39, 0.29) is 5.56 Å². The molecular weight excluding hydrogens is 240 g/mol. The third-order valence-electron chi connectivity index (χ3n) is 3.54. The topological polar surface area (TPSA) is 50.2 Å². The van der Waals surface area contributed by atoms with Gasteiger partial charge >= 0.3 is 0 Å². The molecule has 1 aromatic heterocycles. The average molecular weight is 264 g/mol. The average Bonchev–Trinajstić information content (AvgIpc) is 3.23. The number of nitrogens with zero attached hydrogens (tertiary/aromatic N) is 3. The monoisotopic (exact) mass is 264 g/mol. The van der Waals surface area contributed by atoms with Crippen molar-refractivity contribution in [2.75, 3.05) is 25.0 Å². The molecule has 19 heavy (non-hydrogen) atoms. The summed E-state index contributed by atoms with van der Waals surface area (Å²) >= 11 is 0. The van der Waals surface area contributed by atoms with E-state index in [1.165, 1.54) is 12.8 Å². The van der Waals surface area contributed by atoms with Crippen LogP contribution in [-0.2, 0) is 6.54 Å². The van der Waals surface area contributed by atoms with Gasteiger partial charge in [0.2, 0.25) is 0 Å². The Balaban J connectivity index is 1.88. The van der Waals surface area contributed by atoms with Crippen LogP contribution < -0.4 is 10.9 Å². The first-order chi connectivity index (χ1) is 9.26. The Labute approximate surface area is 114 Å². The smallest absolute Gasteiger partial charge is 0.293 e. The molecule has 0 amide bonds. The highest BCUT2D eigenvalue weighted by Crippen LogP contribution is 2.25. The maximum atomic E-state index is 12.1. The summed E-state index contributed by atoms with van der Waals surface area (Å²) in [6.07, 6.45) is 7.04. The van der Waals surface area contributed by atoms with Gasteiger partial charge in [0.1, 0.15) is 0 Å². The lowest BCUT2D eigenvalue weighted by molar-refractivity contribution is 0.289. The molecule has 5 heteroatoms. The highest BCUT2D eigenvalue weighted by Gasteiger charge is 2.27. The summed E-state index contributed by atoms with van der Waals surface area (Å²) < 4.78 is 1.72. The summed E-state index contributed by atoms with van der Waals surface area (Å²) in [6, 6.07) is 0.771. The summed E-state index contributed by atoms with van der Waals surface area (Å²) in [4.78, 5) is 18.7. The Bertz CT molecular complexity index is 453. The Morgan fingerprint density at radius 3 is 2.89 bits per heavy atom. The van der Waals surface area contributed by atoms with Crippen LogP contribution in [0, 0.1) is 0 Å². The predicted octanol–water partition coefficient (Wildman–Crippen LogP) is 1.55. The molecule has 5 nitrogen and oxygen atoms in total. The highest BCUT2D eigenvalue weighted by atomic mass is 16.1. The van der Waals surface area contributed by atoms with Crippen LogP contribution in [0.25, 0.3) is 0 Å². The maximum Gasteiger partial charge on any atom is 0.293 e. The van der Waals surface area contributed by atoms with Crippen LogP contribution in [0.5, 0.6) is 0 Å². The minimum Gasteiger partial charge on any atom is -0.364 e. The van der Waals surface area contributed by atoms with E-state index >= 15 is 0 Å². The first-order valence-electron chi connectivity index (χ1n) is 7.29. The van der Waals surface area contributed by atoms with E-state index in [0.29, 0.717) is 5.82 Å². The SMILES string of the molecule is CCCn1ccnc(NCCN(CC)C2CC2)c1=O. The quantitative estimate of drug-likeness (QED) is 0.774. The normalized spacial score (nSPS) is 14.9. The highest BCUT2D eigenvalue weighted by molar-refractivity contribution is 5.30. The molecule has 1 heterocycles. The van der Waals surface area contributed by atoms with Gasteiger partial charge in [-0.05, 0) is 25.8 Å². The first-order valence-corrected chi connectivity index (χ1v) is 7.29. The molecule has 0 bridgehead atoms. The van der Waals surface area contributed by atoms with Crippen LogP contribution in [0.2, 0.25) is 0 Å². The standard InChI is InChI=1S/C14H24N4O/c1-3-9-18-11-8-16-13(14(18)19)15-7-10-17(4-2)12-5-6-12/h8,11-12H,3-7,9-10H2,1-2H3,(H,15,16). The second kappa shape index (κ2) is 6.70. The number of anilines is 1. The minimum absolute atomic E-state index is 0.0150. The fraction of sp³-hybridized carbons (Fsp3) is 0.714. The maximum absolute atomic E-state index is 12.1. The lowest BCUT2D eigenvalue weighted by Gasteiger charge is -2.19. The predicted molar refractivity (Wildman–Crippen MR) is 77.5 cm³/mol. The summed E-state index contributed by atoms with van der Waals surface area (Å²) in [6.45, 7) is 7.84. The Morgan fingerprint density at radius 1 is 1.47 bits per heavy atom. The van der Waals surface area contributed by atoms with Crippen LogP contribution in [0.15, 0.2) is 17.2 Å². The van der Waals surface area contributed by atoms with E-state index in [2.05, 4.69) is 29.0 Å². The summed E-state index contributed by atoms with van der Waals surface area (Å²) in [7, 11) is 0. The second-order valence-corrected chi connectivity index (χ2v) is 5.06. The molecule has 0 radical (unpaired) electrons. The lowest BCUT2D eigenvalue weighted by atomic mass is 10.4. The number of nitrogens with one attached hydrogen (secondary N) is 1. The zero-order chi connectivity index (χ0) is 13.7. The van der Waals surface area contributed by atoms with Crippen molar-refractivity contribution in [3.8, 4) is 0 Å². The van der Waals surface area contributed by atoms with Gasteiger partial charge < -0.3 is 9.88 Å². The number of aryl methyl sites for hydroxylation is 1. The minimum atomic E-state index is -0.0150. The van der Waals surface area contributed by atoms with Crippen molar-refractivity contribution in [2.24, 2.45) is 0 Å². The fourth-order valence-electron chi connectivity index (χ4n) is 2.34. The Morgan fingerprint density at radius 2 is 2.26 bits per heavy atom. The van der Waals surface area contributed by atoms with Gasteiger partial charge in [-0.2, -0.15) is 0 Å². The van der Waals surface area contributed by atoms with Crippen molar-refractivity contribution in [1.82, 2.24) is 14.5 Å². The van der Waals surface area contributed by atoms with Gasteiger partial charge in [0.25, 0.3) is 5.56 Å². The van der Waals surface area contributed by atoms with Crippen molar-refractivity contribution in [2.45, 2.75) is 45.7 Å². The molecule has 106 valence electrons. The molecule has 0 aliphatic heterocycles. The number of hydrogen-bond donors (Lipinski definition) is 1. The molecule has 1 N–H and O–H groups in total. The first kappa shape index (κ1) is 14.1. The van der Waals surface area contributed by atoms with Crippen molar-refractivity contribution in [1.29, 1.82) is 0 Å².